The summed E-state index contributed by atoms with van der Waals surface area (Å²) in [7, 11) is 0. The van der Waals surface area contributed by atoms with Crippen molar-refractivity contribution in [3.63, 3.8) is 0 Å². The SMILES string of the molecule is Nc1cc(F)ccc1NC(=O)CCCCCC(=O)Nc1nc(CN2CCOCC2)cs1. The fraction of sp³-hybridized carbons (Fsp3) is 0.476. The van der Waals surface area contributed by atoms with Gasteiger partial charge in [0, 0.05) is 37.9 Å². The van der Waals surface area contributed by atoms with Gasteiger partial charge in [-0.1, -0.05) is 6.42 Å². The van der Waals surface area contributed by atoms with Crippen LogP contribution in [-0.4, -0.2) is 48.0 Å². The van der Waals surface area contributed by atoms with E-state index in [9.17, 15) is 14.0 Å². The second-order valence-electron chi connectivity index (χ2n) is 7.42. The Kier molecular flexibility index (Phi) is 8.74. The van der Waals surface area contributed by atoms with Crippen molar-refractivity contribution < 1.29 is 18.7 Å². The number of carbonyl (C=O) groups is 2. The van der Waals surface area contributed by atoms with Crippen LogP contribution in [0.15, 0.2) is 23.6 Å². The van der Waals surface area contributed by atoms with Crippen molar-refractivity contribution in [2.75, 3.05) is 42.7 Å². The number of benzene rings is 1. The molecule has 0 atom stereocenters. The average Bonchev–Trinajstić information content (AvgIpc) is 3.17. The summed E-state index contributed by atoms with van der Waals surface area (Å²) in [5, 5.41) is 8.10. The monoisotopic (exact) mass is 449 g/mol. The zero-order valence-electron chi connectivity index (χ0n) is 17.4. The molecule has 1 saturated heterocycles. The molecule has 0 radical (unpaired) electrons. The lowest BCUT2D eigenvalue weighted by Crippen LogP contribution is -2.35. The molecule has 0 bridgehead atoms. The van der Waals surface area contributed by atoms with Crippen LogP contribution in [0.4, 0.5) is 20.9 Å². The topological polar surface area (TPSA) is 110 Å². The van der Waals surface area contributed by atoms with Gasteiger partial charge in [0.1, 0.15) is 5.82 Å². The minimum Gasteiger partial charge on any atom is -0.397 e. The predicted octanol–water partition coefficient (Wildman–Crippen LogP) is 3.22. The summed E-state index contributed by atoms with van der Waals surface area (Å²) >= 11 is 1.43. The number of carbonyl (C=O) groups excluding carboxylic acids is 2. The zero-order valence-corrected chi connectivity index (χ0v) is 18.2. The van der Waals surface area contributed by atoms with E-state index >= 15 is 0 Å². The summed E-state index contributed by atoms with van der Waals surface area (Å²) in [6.45, 7) is 4.05. The molecule has 1 aliphatic rings. The first-order chi connectivity index (χ1) is 15.0. The van der Waals surface area contributed by atoms with Crippen molar-refractivity contribution >= 4 is 39.7 Å². The zero-order chi connectivity index (χ0) is 22.1. The number of halogens is 1. The fourth-order valence-corrected chi connectivity index (χ4v) is 3.93. The molecule has 3 rings (SSSR count). The molecule has 0 spiro atoms. The lowest BCUT2D eigenvalue weighted by Gasteiger charge is -2.25. The number of morpholine rings is 1. The molecule has 8 nitrogen and oxygen atoms in total. The van der Waals surface area contributed by atoms with Gasteiger partial charge in [0.05, 0.1) is 30.3 Å². The Balaban J connectivity index is 1.28. The van der Waals surface area contributed by atoms with E-state index in [0.29, 0.717) is 36.5 Å². The standard InChI is InChI=1S/C21H28FN5O3S/c22-15-6-7-18(17(23)12-15)25-19(28)4-2-1-3-5-20(29)26-21-24-16(14-31-21)13-27-8-10-30-11-9-27/h6-7,12,14H,1-5,8-11,13,23H2,(H,25,28)(H,24,26,29). The van der Waals surface area contributed by atoms with Crippen LogP contribution in [0.5, 0.6) is 0 Å². The van der Waals surface area contributed by atoms with Gasteiger partial charge in [-0.2, -0.15) is 0 Å². The third-order valence-electron chi connectivity index (χ3n) is 4.88. The Morgan fingerprint density at radius 1 is 1.13 bits per heavy atom. The third kappa shape index (κ3) is 7.89. The second-order valence-corrected chi connectivity index (χ2v) is 8.28. The van der Waals surface area contributed by atoms with Gasteiger partial charge in [-0.05, 0) is 31.0 Å². The molecule has 1 fully saturated rings. The van der Waals surface area contributed by atoms with E-state index in [2.05, 4.69) is 20.5 Å². The smallest absolute Gasteiger partial charge is 0.226 e. The highest BCUT2D eigenvalue weighted by molar-refractivity contribution is 7.13. The molecule has 1 aromatic carbocycles. The van der Waals surface area contributed by atoms with E-state index in [1.165, 1.54) is 29.5 Å². The minimum atomic E-state index is -0.445. The van der Waals surface area contributed by atoms with Crippen LogP contribution in [0.2, 0.25) is 0 Å². The van der Waals surface area contributed by atoms with Gasteiger partial charge in [-0.3, -0.25) is 14.5 Å². The number of amides is 2. The number of nitrogens with one attached hydrogen (secondary N) is 2. The highest BCUT2D eigenvalue weighted by Crippen LogP contribution is 2.20. The molecule has 2 aromatic rings. The fourth-order valence-electron chi connectivity index (χ4n) is 3.22. The van der Waals surface area contributed by atoms with E-state index in [-0.39, 0.29) is 17.5 Å². The number of hydrogen-bond donors (Lipinski definition) is 3. The number of nitrogens with zero attached hydrogens (tertiary/aromatic N) is 2. The quantitative estimate of drug-likeness (QED) is 0.380. The number of aromatic nitrogens is 1. The number of unbranched alkanes of at least 4 members (excludes halogenated alkanes) is 2. The maximum atomic E-state index is 13.0. The average molecular weight is 450 g/mol. The van der Waals surface area contributed by atoms with Crippen molar-refractivity contribution in [3.05, 3.63) is 35.1 Å². The summed E-state index contributed by atoms with van der Waals surface area (Å²) in [5.74, 6) is -0.700. The van der Waals surface area contributed by atoms with Crippen molar-refractivity contribution in [2.45, 2.75) is 38.6 Å². The molecule has 168 valence electrons. The molecule has 1 aromatic heterocycles. The summed E-state index contributed by atoms with van der Waals surface area (Å²) in [6.07, 6.45) is 2.78. The van der Waals surface area contributed by atoms with Gasteiger partial charge in [0.25, 0.3) is 0 Å². The van der Waals surface area contributed by atoms with E-state index < -0.39 is 5.82 Å². The largest absolute Gasteiger partial charge is 0.397 e. The maximum absolute atomic E-state index is 13.0. The first-order valence-corrected chi connectivity index (χ1v) is 11.3. The second kappa shape index (κ2) is 11.7. The van der Waals surface area contributed by atoms with Crippen molar-refractivity contribution in [1.29, 1.82) is 0 Å². The Hall–Kier alpha value is -2.56. The molecule has 2 amide bonds. The summed E-state index contributed by atoms with van der Waals surface area (Å²) in [6, 6.07) is 3.86. The van der Waals surface area contributed by atoms with Crippen LogP contribution in [0.3, 0.4) is 0 Å². The molecular formula is C21H28FN5O3S. The Bertz CT molecular complexity index is 886. The lowest BCUT2D eigenvalue weighted by atomic mass is 10.1. The van der Waals surface area contributed by atoms with Gasteiger partial charge < -0.3 is 21.1 Å². The summed E-state index contributed by atoms with van der Waals surface area (Å²) in [4.78, 5) is 30.9. The molecule has 31 heavy (non-hydrogen) atoms. The van der Waals surface area contributed by atoms with Gasteiger partial charge in [0.2, 0.25) is 11.8 Å². The van der Waals surface area contributed by atoms with Crippen LogP contribution >= 0.6 is 11.3 Å². The van der Waals surface area contributed by atoms with Crippen LogP contribution in [0.1, 0.15) is 37.8 Å². The van der Waals surface area contributed by atoms with Crippen molar-refractivity contribution in [1.82, 2.24) is 9.88 Å². The molecule has 0 saturated carbocycles. The van der Waals surface area contributed by atoms with Gasteiger partial charge in [0.15, 0.2) is 5.13 Å². The van der Waals surface area contributed by atoms with Crippen LogP contribution in [0, 0.1) is 5.82 Å². The number of nitrogens with two attached hydrogens (primary N) is 1. The van der Waals surface area contributed by atoms with Gasteiger partial charge in [-0.25, -0.2) is 9.37 Å². The van der Waals surface area contributed by atoms with Crippen LogP contribution < -0.4 is 16.4 Å². The highest BCUT2D eigenvalue weighted by atomic mass is 32.1. The Labute approximate surface area is 185 Å². The van der Waals surface area contributed by atoms with Crippen LogP contribution in [-0.2, 0) is 20.9 Å². The van der Waals surface area contributed by atoms with Gasteiger partial charge >= 0.3 is 0 Å². The van der Waals surface area contributed by atoms with Gasteiger partial charge in [-0.15, -0.1) is 11.3 Å². The number of nitrogen functional groups attached to an aromatic ring is 1. The van der Waals surface area contributed by atoms with E-state index in [4.69, 9.17) is 10.5 Å². The number of thiazole rings is 1. The molecule has 10 heteroatoms. The van der Waals surface area contributed by atoms with E-state index in [1.807, 2.05) is 5.38 Å². The first kappa shape index (κ1) is 23.1. The maximum Gasteiger partial charge on any atom is 0.226 e. The molecule has 0 unspecified atom stereocenters. The number of rotatable bonds is 10. The van der Waals surface area contributed by atoms with E-state index in [0.717, 1.165) is 45.0 Å². The molecular weight excluding hydrogens is 421 g/mol. The van der Waals surface area contributed by atoms with Crippen molar-refractivity contribution in [3.8, 4) is 0 Å². The minimum absolute atomic E-state index is 0.0733. The number of hydrogen-bond acceptors (Lipinski definition) is 7. The molecule has 2 heterocycles. The highest BCUT2D eigenvalue weighted by Gasteiger charge is 2.13. The number of anilines is 3. The predicted molar refractivity (Wildman–Crippen MR) is 119 cm³/mol. The van der Waals surface area contributed by atoms with E-state index in [1.54, 1.807) is 0 Å². The Morgan fingerprint density at radius 2 is 1.84 bits per heavy atom. The molecule has 1 aliphatic heterocycles. The van der Waals surface area contributed by atoms with Crippen LogP contribution in [0.25, 0.3) is 0 Å². The normalized spacial score (nSPS) is 14.4. The first-order valence-electron chi connectivity index (χ1n) is 10.4. The lowest BCUT2D eigenvalue weighted by molar-refractivity contribution is -0.116. The Morgan fingerprint density at radius 3 is 2.55 bits per heavy atom. The van der Waals surface area contributed by atoms with Crippen molar-refractivity contribution in [2.24, 2.45) is 0 Å². The summed E-state index contributed by atoms with van der Waals surface area (Å²) in [5.41, 5.74) is 7.23. The molecule has 4 N–H and O–H groups in total. The molecule has 0 aliphatic carbocycles. The number of ether oxygens (including phenoxy) is 1. The third-order valence-corrected chi connectivity index (χ3v) is 5.69. The summed E-state index contributed by atoms with van der Waals surface area (Å²) < 4.78 is 18.4.